The molecule has 32 heavy (non-hydrogen) atoms. The number of nitrogen functional groups attached to an aromatic ring is 1. The van der Waals surface area contributed by atoms with Crippen LogP contribution in [0.1, 0.15) is 21.5 Å². The van der Waals surface area contributed by atoms with Gasteiger partial charge in [0.1, 0.15) is 5.75 Å². The molecule has 1 unspecified atom stereocenters. The van der Waals surface area contributed by atoms with Gasteiger partial charge in [-0.05, 0) is 47.9 Å². The van der Waals surface area contributed by atoms with Gasteiger partial charge >= 0.3 is 0 Å². The van der Waals surface area contributed by atoms with E-state index < -0.39 is 0 Å². The van der Waals surface area contributed by atoms with Crippen molar-refractivity contribution in [3.63, 3.8) is 0 Å². The second-order valence-electron chi connectivity index (χ2n) is 7.94. The van der Waals surface area contributed by atoms with Crippen LogP contribution in [-0.4, -0.2) is 46.5 Å². The van der Waals surface area contributed by atoms with Crippen LogP contribution in [0.4, 0.5) is 11.6 Å². The van der Waals surface area contributed by atoms with Gasteiger partial charge in [-0.2, -0.15) is 0 Å². The Labute approximate surface area is 185 Å². The maximum atomic E-state index is 12.2. The van der Waals surface area contributed by atoms with E-state index in [4.69, 9.17) is 20.6 Å². The van der Waals surface area contributed by atoms with Gasteiger partial charge in [-0.15, -0.1) is 0 Å². The van der Waals surface area contributed by atoms with Gasteiger partial charge in [0.25, 0.3) is 5.91 Å². The summed E-state index contributed by atoms with van der Waals surface area (Å²) in [6, 6.07) is 13.4. The molecule has 0 spiro atoms. The van der Waals surface area contributed by atoms with Crippen LogP contribution < -0.4 is 15.8 Å². The number of hydrogen-bond donors (Lipinski definition) is 3. The average molecular weight is 429 g/mol. The van der Waals surface area contributed by atoms with Crippen LogP contribution in [0, 0.1) is 5.92 Å². The van der Waals surface area contributed by atoms with E-state index in [1.165, 1.54) is 5.56 Å². The molecule has 2 aromatic carbocycles. The first-order valence-corrected chi connectivity index (χ1v) is 10.5. The molecular weight excluding hydrogens is 406 g/mol. The smallest absolute Gasteiger partial charge is 0.251 e. The second kappa shape index (κ2) is 8.39. The summed E-state index contributed by atoms with van der Waals surface area (Å²) in [5.74, 6) is 0.991. The lowest BCUT2D eigenvalue weighted by molar-refractivity contribution is 0.0944. The number of carbonyl (C=O) groups is 1. The highest BCUT2D eigenvalue weighted by Crippen LogP contribution is 2.36. The molecular formula is C24H23N5O3. The number of nitrogens with one attached hydrogen (secondary N) is 1. The second-order valence-corrected chi connectivity index (χ2v) is 7.94. The highest BCUT2D eigenvalue weighted by molar-refractivity contribution is 5.97. The van der Waals surface area contributed by atoms with Gasteiger partial charge in [-0.3, -0.25) is 9.79 Å². The number of fused-ring (bicyclic) bond motifs is 2. The fourth-order valence-electron chi connectivity index (χ4n) is 4.16. The maximum absolute atomic E-state index is 12.2. The topological polar surface area (TPSA) is 123 Å². The first kappa shape index (κ1) is 20.1. The number of aliphatic hydroxyl groups excluding tert-OH is 1. The minimum Gasteiger partial charge on any atom is -0.493 e. The van der Waals surface area contributed by atoms with Gasteiger partial charge in [0.2, 0.25) is 5.95 Å². The Bertz CT molecular complexity index is 1220. The van der Waals surface area contributed by atoms with E-state index in [0.29, 0.717) is 12.2 Å². The zero-order valence-electron chi connectivity index (χ0n) is 17.4. The summed E-state index contributed by atoms with van der Waals surface area (Å²) in [6.07, 6.45) is 3.19. The third kappa shape index (κ3) is 3.92. The van der Waals surface area contributed by atoms with Crippen LogP contribution in [0.15, 0.2) is 53.7 Å². The molecule has 8 nitrogen and oxygen atoms in total. The van der Waals surface area contributed by atoms with Gasteiger partial charge in [-0.1, -0.05) is 12.1 Å². The van der Waals surface area contributed by atoms with Crippen LogP contribution in [-0.2, 0) is 12.8 Å². The highest BCUT2D eigenvalue weighted by Gasteiger charge is 2.28. The molecule has 0 aliphatic carbocycles. The monoisotopic (exact) mass is 429 g/mol. The van der Waals surface area contributed by atoms with Crippen LogP contribution in [0.5, 0.6) is 5.75 Å². The van der Waals surface area contributed by atoms with Crippen molar-refractivity contribution in [2.45, 2.75) is 12.8 Å². The fraction of sp³-hybridized carbons (Fsp3) is 0.250. The fourth-order valence-corrected chi connectivity index (χ4v) is 4.16. The molecule has 4 N–H and O–H groups in total. The number of hydrogen-bond acceptors (Lipinski definition) is 7. The summed E-state index contributed by atoms with van der Waals surface area (Å²) in [7, 11) is 0. The molecule has 2 aliphatic rings. The number of benzene rings is 2. The molecule has 3 aromatic rings. The minimum atomic E-state index is -0.201. The maximum Gasteiger partial charge on any atom is 0.251 e. The Morgan fingerprint density at radius 2 is 2.09 bits per heavy atom. The Morgan fingerprint density at radius 1 is 1.19 bits per heavy atom. The Kier molecular flexibility index (Phi) is 5.28. The number of nitrogens with zero attached hydrogens (tertiary/aromatic N) is 3. The summed E-state index contributed by atoms with van der Waals surface area (Å²) in [5.41, 5.74) is 12.2. The van der Waals surface area contributed by atoms with Crippen molar-refractivity contribution < 1.29 is 14.6 Å². The molecule has 1 aromatic heterocycles. The summed E-state index contributed by atoms with van der Waals surface area (Å²) < 4.78 is 5.99. The normalized spacial score (nSPS) is 16.5. The van der Waals surface area contributed by atoms with E-state index in [1.807, 2.05) is 30.3 Å². The Balaban J connectivity index is 1.35. The number of ether oxygens (including phenoxy) is 1. The van der Waals surface area contributed by atoms with E-state index >= 15 is 0 Å². The van der Waals surface area contributed by atoms with E-state index in [-0.39, 0.29) is 30.9 Å². The number of carbonyl (C=O) groups excluding carboxylic acids is 1. The van der Waals surface area contributed by atoms with Crippen LogP contribution in [0.25, 0.3) is 11.3 Å². The van der Waals surface area contributed by atoms with E-state index in [2.05, 4.69) is 21.4 Å². The number of anilines is 1. The number of rotatable bonds is 5. The van der Waals surface area contributed by atoms with Crippen LogP contribution in [0.3, 0.4) is 0 Å². The molecule has 5 rings (SSSR count). The number of aliphatic imine (C=N–C) groups is 1. The van der Waals surface area contributed by atoms with Crippen molar-refractivity contribution >= 4 is 23.3 Å². The van der Waals surface area contributed by atoms with Gasteiger partial charge in [0, 0.05) is 41.9 Å². The molecule has 3 heterocycles. The summed E-state index contributed by atoms with van der Waals surface area (Å²) in [4.78, 5) is 25.4. The van der Waals surface area contributed by atoms with Crippen molar-refractivity contribution in [2.75, 3.05) is 25.5 Å². The SMILES string of the molecule is Nc1nccc(-c2ccc3c(c2)N=C(C2COc4ccc(C(=O)NCCO)cc4C2)C3)n1. The van der Waals surface area contributed by atoms with Gasteiger partial charge in [0.05, 0.1) is 24.6 Å². The zero-order chi connectivity index (χ0) is 22.1. The Morgan fingerprint density at radius 3 is 2.94 bits per heavy atom. The third-order valence-corrected chi connectivity index (χ3v) is 5.79. The third-order valence-electron chi connectivity index (χ3n) is 5.79. The van der Waals surface area contributed by atoms with Gasteiger partial charge < -0.3 is 20.9 Å². The van der Waals surface area contributed by atoms with Crippen molar-refractivity contribution in [1.82, 2.24) is 15.3 Å². The molecule has 162 valence electrons. The summed E-state index contributed by atoms with van der Waals surface area (Å²) in [5, 5.41) is 11.6. The number of nitrogens with two attached hydrogens (primary N) is 1. The molecule has 0 radical (unpaired) electrons. The van der Waals surface area contributed by atoms with Crippen molar-refractivity contribution in [3.8, 4) is 17.0 Å². The first-order valence-electron chi connectivity index (χ1n) is 10.5. The average Bonchev–Trinajstić information content (AvgIpc) is 3.25. The van der Waals surface area contributed by atoms with Crippen molar-refractivity contribution in [1.29, 1.82) is 0 Å². The van der Waals surface area contributed by atoms with Crippen LogP contribution >= 0.6 is 0 Å². The predicted molar refractivity (Wildman–Crippen MR) is 121 cm³/mol. The largest absolute Gasteiger partial charge is 0.493 e. The standard InChI is InChI=1S/C24H23N5O3/c25-24-27-6-5-19(29-24)14-1-2-15-12-21(28-20(15)11-14)18-10-17-9-16(23(31)26-7-8-30)3-4-22(17)32-13-18/h1-6,9,11,18,30H,7-8,10,12-13H2,(H,26,31)(H2,25,27,29). The number of aromatic nitrogens is 2. The first-order chi connectivity index (χ1) is 15.6. The lowest BCUT2D eigenvalue weighted by atomic mass is 9.89. The highest BCUT2D eigenvalue weighted by atomic mass is 16.5. The summed E-state index contributed by atoms with van der Waals surface area (Å²) >= 11 is 0. The minimum absolute atomic E-state index is 0.0887. The van der Waals surface area contributed by atoms with E-state index in [1.54, 1.807) is 12.3 Å². The quantitative estimate of drug-likeness (QED) is 0.572. The lowest BCUT2D eigenvalue weighted by Gasteiger charge is -2.26. The molecule has 0 saturated heterocycles. The molecule has 0 saturated carbocycles. The molecule has 1 atom stereocenters. The molecule has 8 heteroatoms. The molecule has 0 bridgehead atoms. The summed E-state index contributed by atoms with van der Waals surface area (Å²) in [6.45, 7) is 0.702. The van der Waals surface area contributed by atoms with Gasteiger partial charge in [-0.25, -0.2) is 9.97 Å². The lowest BCUT2D eigenvalue weighted by Crippen LogP contribution is -2.29. The van der Waals surface area contributed by atoms with Crippen molar-refractivity contribution in [3.05, 3.63) is 65.4 Å². The van der Waals surface area contributed by atoms with E-state index in [9.17, 15) is 4.79 Å². The number of amides is 1. The number of aliphatic hydroxyl groups is 1. The molecule has 0 fully saturated rings. The zero-order valence-corrected chi connectivity index (χ0v) is 17.4. The van der Waals surface area contributed by atoms with Crippen LogP contribution in [0.2, 0.25) is 0 Å². The Hall–Kier alpha value is -3.78. The predicted octanol–water partition coefficient (Wildman–Crippen LogP) is 2.33. The van der Waals surface area contributed by atoms with E-state index in [0.717, 1.165) is 46.8 Å². The van der Waals surface area contributed by atoms with Crippen molar-refractivity contribution in [2.24, 2.45) is 10.9 Å². The van der Waals surface area contributed by atoms with Gasteiger partial charge in [0.15, 0.2) is 0 Å². The molecule has 1 amide bonds. The molecule has 2 aliphatic heterocycles.